The number of nitrogens with one attached hydrogen (secondary N) is 2. The molecule has 5 nitrogen and oxygen atoms in total. The zero-order valence-corrected chi connectivity index (χ0v) is 10.4. The van der Waals surface area contributed by atoms with Crippen LogP contribution in [0.2, 0.25) is 0 Å². The van der Waals surface area contributed by atoms with E-state index in [1.54, 1.807) is 0 Å². The summed E-state index contributed by atoms with van der Waals surface area (Å²) in [7, 11) is 0. The number of hydrogen-bond acceptors (Lipinski definition) is 5. The fourth-order valence-electron chi connectivity index (χ4n) is 1.55. The van der Waals surface area contributed by atoms with E-state index in [1.807, 2.05) is 6.07 Å². The number of aromatic nitrogens is 2. The molecule has 0 amide bonds. The minimum absolute atomic E-state index is 0.0590. The summed E-state index contributed by atoms with van der Waals surface area (Å²) in [4.78, 5) is 7.55. The van der Waals surface area contributed by atoms with Gasteiger partial charge in [-0.1, -0.05) is 12.2 Å². The third-order valence-electron chi connectivity index (χ3n) is 2.52. The van der Waals surface area contributed by atoms with Crippen molar-refractivity contribution in [2.75, 3.05) is 31.7 Å². The smallest absolute Gasteiger partial charge is 0.131 e. The van der Waals surface area contributed by atoms with Crippen molar-refractivity contribution in [3.8, 4) is 0 Å². The summed E-state index contributed by atoms with van der Waals surface area (Å²) in [5.74, 6) is 2.43. The number of aliphatic hydroxyl groups excluding tert-OH is 1. The Labute approximate surface area is 105 Å². The number of rotatable bonds is 7. The van der Waals surface area contributed by atoms with Gasteiger partial charge in [0.15, 0.2) is 0 Å². The minimum atomic E-state index is 0.0590. The van der Waals surface area contributed by atoms with Crippen LogP contribution in [0.3, 0.4) is 0 Å². The molecular weight excluding hydrogens is 238 g/mol. The molecule has 2 rings (SSSR count). The van der Waals surface area contributed by atoms with Gasteiger partial charge in [-0.2, -0.15) is 0 Å². The molecule has 0 saturated heterocycles. The number of aliphatic hydroxyl groups is 1. The predicted molar refractivity (Wildman–Crippen MR) is 67.8 cm³/mol. The molecule has 6 heteroatoms. The molecule has 1 heterocycles. The minimum Gasteiger partial charge on any atom is -0.394 e. The van der Waals surface area contributed by atoms with Crippen LogP contribution < -0.4 is 5.32 Å². The summed E-state index contributed by atoms with van der Waals surface area (Å²) in [6.07, 6.45) is 2.39. The van der Waals surface area contributed by atoms with Crippen molar-refractivity contribution in [3.63, 3.8) is 0 Å². The highest BCUT2D eigenvalue weighted by Crippen LogP contribution is 2.38. The first-order valence-corrected chi connectivity index (χ1v) is 6.24. The van der Waals surface area contributed by atoms with Crippen molar-refractivity contribution in [3.05, 3.63) is 16.5 Å². The lowest BCUT2D eigenvalue weighted by molar-refractivity contribution is 0.0992. The number of anilines is 1. The van der Waals surface area contributed by atoms with Crippen LogP contribution in [0.5, 0.6) is 0 Å². The van der Waals surface area contributed by atoms with Crippen LogP contribution in [0.25, 0.3) is 0 Å². The van der Waals surface area contributed by atoms with Gasteiger partial charge in [0.25, 0.3) is 0 Å². The van der Waals surface area contributed by atoms with Crippen LogP contribution in [0.1, 0.15) is 24.6 Å². The van der Waals surface area contributed by atoms with Crippen LogP contribution in [0.4, 0.5) is 5.82 Å². The first-order chi connectivity index (χ1) is 8.29. The van der Waals surface area contributed by atoms with E-state index < -0.39 is 0 Å². The van der Waals surface area contributed by atoms with Crippen molar-refractivity contribution in [1.82, 2.24) is 9.97 Å². The molecule has 0 spiro atoms. The van der Waals surface area contributed by atoms with Gasteiger partial charge in [-0.15, -0.1) is 0 Å². The van der Waals surface area contributed by atoms with Gasteiger partial charge >= 0.3 is 0 Å². The maximum Gasteiger partial charge on any atom is 0.131 e. The monoisotopic (exact) mass is 255 g/mol. The standard InChI is InChI=1S/C11H17N3O2S/c15-4-6-16-5-3-12-9-7-10(17)14-11(13-9)8-1-2-8/h7-8,15H,1-6H2,(H2,12,13,14,17). The normalized spacial score (nSPS) is 14.9. The molecule has 94 valence electrons. The fraction of sp³-hybridized carbons (Fsp3) is 0.636. The van der Waals surface area contributed by atoms with Gasteiger partial charge in [-0.05, 0) is 12.8 Å². The highest BCUT2D eigenvalue weighted by molar-refractivity contribution is 7.71. The zero-order valence-electron chi connectivity index (χ0n) is 9.61. The maximum absolute atomic E-state index is 8.55. The fourth-order valence-corrected chi connectivity index (χ4v) is 1.76. The summed E-state index contributed by atoms with van der Waals surface area (Å²) in [6.45, 7) is 1.67. The van der Waals surface area contributed by atoms with Crippen LogP contribution in [0.15, 0.2) is 6.07 Å². The van der Waals surface area contributed by atoms with Crippen molar-refractivity contribution < 1.29 is 9.84 Å². The SMILES string of the molecule is OCCOCCNc1cc(=S)nc(C2CC2)[nH]1. The third kappa shape index (κ3) is 4.07. The lowest BCUT2D eigenvalue weighted by Crippen LogP contribution is -2.12. The van der Waals surface area contributed by atoms with Gasteiger partial charge in [0.1, 0.15) is 16.3 Å². The van der Waals surface area contributed by atoms with E-state index in [0.717, 1.165) is 11.6 Å². The molecule has 0 atom stereocenters. The summed E-state index contributed by atoms with van der Waals surface area (Å²) >= 11 is 5.12. The molecule has 0 radical (unpaired) electrons. The van der Waals surface area contributed by atoms with Gasteiger partial charge in [0, 0.05) is 18.5 Å². The molecule has 1 saturated carbocycles. The van der Waals surface area contributed by atoms with E-state index in [2.05, 4.69) is 15.3 Å². The molecule has 0 aliphatic heterocycles. The number of aromatic amines is 1. The number of hydrogen-bond donors (Lipinski definition) is 3. The van der Waals surface area contributed by atoms with Crippen LogP contribution >= 0.6 is 12.2 Å². The van der Waals surface area contributed by atoms with Crippen LogP contribution in [-0.2, 0) is 4.74 Å². The summed E-state index contributed by atoms with van der Waals surface area (Å²) in [6, 6.07) is 1.81. The Morgan fingerprint density at radius 3 is 3.06 bits per heavy atom. The molecule has 1 fully saturated rings. The van der Waals surface area contributed by atoms with E-state index in [9.17, 15) is 0 Å². The van der Waals surface area contributed by atoms with Crippen LogP contribution in [-0.4, -0.2) is 41.4 Å². The third-order valence-corrected chi connectivity index (χ3v) is 2.73. The van der Waals surface area contributed by atoms with E-state index in [-0.39, 0.29) is 6.61 Å². The quantitative estimate of drug-likeness (QED) is 0.508. The molecule has 0 unspecified atom stereocenters. The molecule has 1 aromatic rings. The Bertz CT molecular complexity index is 417. The van der Waals surface area contributed by atoms with Gasteiger partial charge < -0.3 is 20.1 Å². The number of nitrogens with zero attached hydrogens (tertiary/aromatic N) is 1. The van der Waals surface area contributed by atoms with Crippen molar-refractivity contribution in [2.24, 2.45) is 0 Å². The summed E-state index contributed by atoms with van der Waals surface area (Å²) in [5.41, 5.74) is 0. The van der Waals surface area contributed by atoms with Gasteiger partial charge in [0.2, 0.25) is 0 Å². The average Bonchev–Trinajstić information content (AvgIpc) is 3.12. The lowest BCUT2D eigenvalue weighted by atomic mass is 10.4. The van der Waals surface area contributed by atoms with Gasteiger partial charge in [-0.3, -0.25) is 0 Å². The van der Waals surface area contributed by atoms with Crippen molar-refractivity contribution >= 4 is 18.0 Å². The average molecular weight is 255 g/mol. The van der Waals surface area contributed by atoms with E-state index in [0.29, 0.717) is 30.3 Å². The second kappa shape index (κ2) is 6.09. The largest absolute Gasteiger partial charge is 0.394 e. The number of ether oxygens (including phenoxy) is 1. The molecule has 1 aliphatic rings. The molecular formula is C11H17N3O2S. The van der Waals surface area contributed by atoms with Gasteiger partial charge in [0.05, 0.1) is 19.8 Å². The predicted octanol–water partition coefficient (Wildman–Crippen LogP) is 1.44. The first kappa shape index (κ1) is 12.5. The molecule has 1 aromatic heterocycles. The van der Waals surface area contributed by atoms with E-state index >= 15 is 0 Å². The molecule has 17 heavy (non-hydrogen) atoms. The second-order valence-corrected chi connectivity index (χ2v) is 4.47. The second-order valence-electron chi connectivity index (χ2n) is 4.06. The molecule has 3 N–H and O–H groups in total. The number of H-pyrrole nitrogens is 1. The maximum atomic E-state index is 8.55. The molecule has 0 bridgehead atoms. The van der Waals surface area contributed by atoms with E-state index in [1.165, 1.54) is 12.8 Å². The van der Waals surface area contributed by atoms with Crippen molar-refractivity contribution in [1.29, 1.82) is 0 Å². The lowest BCUT2D eigenvalue weighted by Gasteiger charge is -2.08. The van der Waals surface area contributed by atoms with Gasteiger partial charge in [-0.25, -0.2) is 4.98 Å². The Morgan fingerprint density at radius 2 is 2.35 bits per heavy atom. The van der Waals surface area contributed by atoms with Crippen molar-refractivity contribution in [2.45, 2.75) is 18.8 Å². The zero-order chi connectivity index (χ0) is 12.1. The Morgan fingerprint density at radius 1 is 1.53 bits per heavy atom. The Hall–Kier alpha value is -0.980. The van der Waals surface area contributed by atoms with Crippen LogP contribution in [0, 0.1) is 4.64 Å². The Balaban J connectivity index is 1.85. The summed E-state index contributed by atoms with van der Waals surface area (Å²) in [5, 5.41) is 11.7. The van der Waals surface area contributed by atoms with E-state index in [4.69, 9.17) is 22.1 Å². The topological polar surface area (TPSA) is 70.2 Å². The molecule has 1 aliphatic carbocycles. The highest BCUT2D eigenvalue weighted by Gasteiger charge is 2.25. The summed E-state index contributed by atoms with van der Waals surface area (Å²) < 4.78 is 5.77. The Kier molecular flexibility index (Phi) is 4.47. The molecule has 0 aromatic carbocycles. The first-order valence-electron chi connectivity index (χ1n) is 5.83. The highest BCUT2D eigenvalue weighted by atomic mass is 32.1.